The number of thiophene rings is 1. The van der Waals surface area contributed by atoms with Gasteiger partial charge in [0.2, 0.25) is 6.41 Å². The molecule has 1 aromatic carbocycles. The quantitative estimate of drug-likeness (QED) is 0.200. The minimum absolute atomic E-state index is 0.331. The van der Waals surface area contributed by atoms with Gasteiger partial charge in [0.05, 0.1) is 11.1 Å². The highest BCUT2D eigenvalue weighted by Crippen LogP contribution is 2.40. The molecule has 3 aromatic rings. The van der Waals surface area contributed by atoms with Crippen molar-refractivity contribution in [2.45, 2.75) is 50.5 Å². The summed E-state index contributed by atoms with van der Waals surface area (Å²) in [5.41, 5.74) is 9.67. The summed E-state index contributed by atoms with van der Waals surface area (Å²) < 4.78 is 0. The van der Waals surface area contributed by atoms with Crippen LogP contribution in [0, 0.1) is 5.41 Å². The molecule has 32 heavy (non-hydrogen) atoms. The van der Waals surface area contributed by atoms with Gasteiger partial charge in [0.25, 0.3) is 0 Å². The zero-order valence-electron chi connectivity index (χ0n) is 18.9. The molecule has 170 valence electrons. The highest BCUT2D eigenvalue weighted by atomic mass is 32.2. The Balaban J connectivity index is 0.000000360. The van der Waals surface area contributed by atoms with Gasteiger partial charge in [-0.2, -0.15) is 0 Å². The van der Waals surface area contributed by atoms with Crippen molar-refractivity contribution in [2.24, 2.45) is 0 Å². The minimum Gasteiger partial charge on any atom is -0.398 e. The van der Waals surface area contributed by atoms with E-state index < -0.39 is 0 Å². The molecule has 1 amide bonds. The molecule has 4 N–H and O–H groups in total. The zero-order valence-corrected chi connectivity index (χ0v) is 20.6. The van der Waals surface area contributed by atoms with E-state index in [2.05, 4.69) is 15.3 Å². The number of amides is 1. The third kappa shape index (κ3) is 5.21. The van der Waals surface area contributed by atoms with Gasteiger partial charge >= 0.3 is 0 Å². The van der Waals surface area contributed by atoms with Gasteiger partial charge in [-0.25, -0.2) is 9.97 Å². The molecule has 9 heteroatoms. The van der Waals surface area contributed by atoms with Crippen molar-refractivity contribution in [3.05, 3.63) is 34.5 Å². The number of nitrogens with one attached hydrogen (secondary N) is 2. The zero-order chi connectivity index (χ0) is 23.3. The van der Waals surface area contributed by atoms with Crippen LogP contribution in [-0.4, -0.2) is 46.8 Å². The molecular formula is C23H30N6OS2. The summed E-state index contributed by atoms with van der Waals surface area (Å²) in [6.45, 7) is 3.93. The lowest BCUT2D eigenvalue weighted by Gasteiger charge is -2.15. The van der Waals surface area contributed by atoms with Gasteiger partial charge in [-0.3, -0.25) is 4.79 Å². The van der Waals surface area contributed by atoms with Crippen LogP contribution in [0.1, 0.15) is 42.7 Å². The molecule has 0 atom stereocenters. The van der Waals surface area contributed by atoms with E-state index in [-0.39, 0.29) is 0 Å². The van der Waals surface area contributed by atoms with Crippen molar-refractivity contribution >= 4 is 63.1 Å². The fourth-order valence-electron chi connectivity index (χ4n) is 3.44. The Morgan fingerprint density at radius 1 is 1.28 bits per heavy atom. The molecule has 0 fully saturated rings. The van der Waals surface area contributed by atoms with Gasteiger partial charge < -0.3 is 21.4 Å². The maximum atomic E-state index is 9.87. The number of carbonyl (C=O) groups excluding carboxylic acids is 1. The van der Waals surface area contributed by atoms with Crippen LogP contribution >= 0.6 is 23.1 Å². The molecule has 0 aliphatic heterocycles. The SMILES string of the molecule is CC(C)N(C)C=O.CSc1cc(N)c(C=N)cc1Nc1ncnc2sc3c(c12)CCCC3. The lowest BCUT2D eigenvalue weighted by atomic mass is 9.97. The van der Waals surface area contributed by atoms with E-state index in [1.54, 1.807) is 41.4 Å². The molecule has 2 heterocycles. The van der Waals surface area contributed by atoms with Crippen molar-refractivity contribution in [2.75, 3.05) is 24.4 Å². The van der Waals surface area contributed by atoms with E-state index in [0.717, 1.165) is 45.9 Å². The molecule has 0 radical (unpaired) electrons. The largest absolute Gasteiger partial charge is 0.398 e. The molecule has 0 saturated carbocycles. The molecule has 0 bridgehead atoms. The summed E-state index contributed by atoms with van der Waals surface area (Å²) >= 11 is 3.42. The summed E-state index contributed by atoms with van der Waals surface area (Å²) in [5.74, 6) is 0.848. The molecule has 2 aromatic heterocycles. The van der Waals surface area contributed by atoms with Crippen LogP contribution in [0.3, 0.4) is 0 Å². The minimum atomic E-state index is 0.331. The van der Waals surface area contributed by atoms with E-state index in [1.165, 1.54) is 29.5 Å². The van der Waals surface area contributed by atoms with Crippen LogP contribution in [0.15, 0.2) is 23.4 Å². The maximum Gasteiger partial charge on any atom is 0.209 e. The number of hydrogen-bond acceptors (Lipinski definition) is 8. The fourth-order valence-corrected chi connectivity index (χ4v) is 5.24. The first-order chi connectivity index (χ1) is 15.4. The molecule has 0 unspecified atom stereocenters. The van der Waals surface area contributed by atoms with E-state index in [4.69, 9.17) is 11.1 Å². The lowest BCUT2D eigenvalue weighted by Crippen LogP contribution is -2.23. The van der Waals surface area contributed by atoms with Crippen LogP contribution in [0.5, 0.6) is 0 Å². The molecular weight excluding hydrogens is 440 g/mol. The van der Waals surface area contributed by atoms with Gasteiger partial charge in [0.1, 0.15) is 17.0 Å². The van der Waals surface area contributed by atoms with Gasteiger partial charge in [-0.05, 0) is 63.5 Å². The van der Waals surface area contributed by atoms with E-state index >= 15 is 0 Å². The van der Waals surface area contributed by atoms with Crippen LogP contribution in [0.2, 0.25) is 0 Å². The number of nitrogens with zero attached hydrogens (tertiary/aromatic N) is 3. The van der Waals surface area contributed by atoms with Crippen molar-refractivity contribution in [3.8, 4) is 0 Å². The Bertz CT molecular complexity index is 1110. The smallest absolute Gasteiger partial charge is 0.209 e. The molecule has 0 spiro atoms. The van der Waals surface area contributed by atoms with Gasteiger partial charge in [0, 0.05) is 40.3 Å². The average molecular weight is 471 g/mol. The fraction of sp³-hybridized carbons (Fsp3) is 0.391. The van der Waals surface area contributed by atoms with E-state index in [0.29, 0.717) is 17.3 Å². The van der Waals surface area contributed by atoms with Gasteiger partial charge in [0.15, 0.2) is 0 Å². The van der Waals surface area contributed by atoms with Crippen molar-refractivity contribution in [1.29, 1.82) is 5.41 Å². The van der Waals surface area contributed by atoms with Gasteiger partial charge in [-0.15, -0.1) is 23.1 Å². The van der Waals surface area contributed by atoms with Crippen LogP contribution < -0.4 is 11.1 Å². The number of hydrogen-bond donors (Lipinski definition) is 3. The number of nitrogens with two attached hydrogens (primary N) is 1. The van der Waals surface area contributed by atoms with E-state index in [1.807, 2.05) is 32.2 Å². The Hall–Kier alpha value is -2.65. The average Bonchev–Trinajstić information content (AvgIpc) is 3.19. The Morgan fingerprint density at radius 3 is 2.66 bits per heavy atom. The number of aromatic nitrogens is 2. The first-order valence-electron chi connectivity index (χ1n) is 10.6. The van der Waals surface area contributed by atoms with Crippen molar-refractivity contribution in [3.63, 3.8) is 0 Å². The summed E-state index contributed by atoms with van der Waals surface area (Å²) in [5, 5.41) is 12.2. The molecule has 7 nitrogen and oxygen atoms in total. The summed E-state index contributed by atoms with van der Waals surface area (Å²) in [7, 11) is 1.76. The first kappa shape index (κ1) is 24.0. The third-order valence-corrected chi connectivity index (χ3v) is 7.52. The molecule has 0 saturated heterocycles. The second-order valence-electron chi connectivity index (χ2n) is 7.93. The maximum absolute atomic E-state index is 9.87. The summed E-state index contributed by atoms with van der Waals surface area (Å²) in [4.78, 5) is 24.0. The van der Waals surface area contributed by atoms with Crippen molar-refractivity contribution < 1.29 is 4.79 Å². The molecule has 1 aliphatic rings. The summed E-state index contributed by atoms with van der Waals surface area (Å²) in [6, 6.07) is 4.16. The number of benzene rings is 1. The number of thioether (sulfide) groups is 1. The van der Waals surface area contributed by atoms with Gasteiger partial charge in [-0.1, -0.05) is 0 Å². The number of aryl methyl sites for hydroxylation is 2. The first-order valence-corrected chi connectivity index (χ1v) is 12.6. The predicted octanol–water partition coefficient (Wildman–Crippen LogP) is 5.10. The number of nitrogen functional groups attached to an aromatic ring is 1. The normalized spacial score (nSPS) is 12.7. The number of anilines is 3. The van der Waals surface area contributed by atoms with Crippen LogP contribution in [-0.2, 0) is 17.6 Å². The molecule has 4 rings (SSSR count). The van der Waals surface area contributed by atoms with Crippen LogP contribution in [0.4, 0.5) is 17.2 Å². The predicted molar refractivity (Wildman–Crippen MR) is 137 cm³/mol. The highest BCUT2D eigenvalue weighted by Gasteiger charge is 2.20. The lowest BCUT2D eigenvalue weighted by molar-refractivity contribution is -0.118. The second-order valence-corrected chi connectivity index (χ2v) is 9.86. The Morgan fingerprint density at radius 2 is 2.03 bits per heavy atom. The monoisotopic (exact) mass is 470 g/mol. The standard InChI is InChI=1S/C18H19N5S2.C5H11NO/c1-24-15-7-12(20)10(8-19)6-13(15)23-17-16-11-4-2-3-5-14(11)25-18(16)22-9-21-17;1-5(2)6(3)4-7/h6-9,19H,2-5,20H2,1H3,(H,21,22,23);4-5H,1-3H3. The molecule has 1 aliphatic carbocycles. The summed E-state index contributed by atoms with van der Waals surface area (Å²) in [6.07, 6.45) is 10.5. The number of rotatable bonds is 6. The second kappa shape index (κ2) is 10.8. The van der Waals surface area contributed by atoms with E-state index in [9.17, 15) is 4.79 Å². The number of carbonyl (C=O) groups is 1. The van der Waals surface area contributed by atoms with Crippen LogP contribution in [0.25, 0.3) is 10.2 Å². The highest BCUT2D eigenvalue weighted by molar-refractivity contribution is 7.98. The van der Waals surface area contributed by atoms with Crippen molar-refractivity contribution in [1.82, 2.24) is 14.9 Å². The Labute approximate surface area is 197 Å². The number of fused-ring (bicyclic) bond motifs is 3. The topological polar surface area (TPSA) is 108 Å². The Kier molecular flexibility index (Phi) is 8.09. The third-order valence-electron chi connectivity index (χ3n) is 5.55.